The van der Waals surface area contributed by atoms with Crippen molar-refractivity contribution in [3.05, 3.63) is 65.5 Å². The number of alkyl halides is 3. The minimum atomic E-state index is -4.43. The second-order valence-corrected chi connectivity index (χ2v) is 6.98. The van der Waals surface area contributed by atoms with Crippen molar-refractivity contribution in [3.63, 3.8) is 0 Å². The van der Waals surface area contributed by atoms with Gasteiger partial charge in [0.2, 0.25) is 5.91 Å². The molecule has 0 radical (unpaired) electrons. The first-order valence-corrected chi connectivity index (χ1v) is 9.23. The van der Waals surface area contributed by atoms with Crippen LogP contribution < -0.4 is 0 Å². The first kappa shape index (κ1) is 20.0. The normalized spacial score (nSPS) is 17.4. The van der Waals surface area contributed by atoms with Gasteiger partial charge in [-0.2, -0.15) is 13.2 Å². The van der Waals surface area contributed by atoms with Gasteiger partial charge in [-0.15, -0.1) is 0 Å². The van der Waals surface area contributed by atoms with E-state index in [1.54, 1.807) is 17.3 Å². The topological polar surface area (TPSA) is 50.3 Å². The summed E-state index contributed by atoms with van der Waals surface area (Å²) < 4.78 is 38.0. The number of hydrogen-bond acceptors (Lipinski definition) is 3. The smallest absolute Gasteiger partial charge is 0.342 e. The number of benzene rings is 1. The molecule has 0 N–H and O–H groups in total. The number of likely N-dealkylation sites (tertiary alicyclic amines) is 1. The summed E-state index contributed by atoms with van der Waals surface area (Å²) in [5, 5.41) is 0. The molecule has 2 aromatic rings. The molecule has 3 rings (SSSR count). The first-order chi connectivity index (χ1) is 13.3. The van der Waals surface area contributed by atoms with Crippen molar-refractivity contribution in [1.82, 2.24) is 9.88 Å². The number of ketones is 1. The molecule has 28 heavy (non-hydrogen) atoms. The second kappa shape index (κ2) is 8.54. The summed E-state index contributed by atoms with van der Waals surface area (Å²) in [7, 11) is 0. The molecule has 1 fully saturated rings. The van der Waals surface area contributed by atoms with Crippen molar-refractivity contribution < 1.29 is 22.8 Å². The van der Waals surface area contributed by atoms with E-state index in [9.17, 15) is 22.8 Å². The highest BCUT2D eigenvalue weighted by Crippen LogP contribution is 2.30. The van der Waals surface area contributed by atoms with E-state index in [0.717, 1.165) is 17.7 Å². The molecule has 4 nitrogen and oxygen atoms in total. The molecule has 2 heterocycles. The summed E-state index contributed by atoms with van der Waals surface area (Å²) in [5.74, 6) is -0.611. The maximum Gasteiger partial charge on any atom is 0.416 e. The van der Waals surface area contributed by atoms with Crippen molar-refractivity contribution >= 4 is 11.7 Å². The van der Waals surface area contributed by atoms with Gasteiger partial charge in [0.25, 0.3) is 0 Å². The molecule has 1 aliphatic rings. The van der Waals surface area contributed by atoms with Crippen LogP contribution in [0.3, 0.4) is 0 Å². The lowest BCUT2D eigenvalue weighted by Crippen LogP contribution is -2.42. The lowest BCUT2D eigenvalue weighted by molar-refractivity contribution is -0.137. The predicted octanol–water partition coefficient (Wildman–Crippen LogP) is 4.15. The van der Waals surface area contributed by atoms with Gasteiger partial charge >= 0.3 is 6.18 Å². The fourth-order valence-electron chi connectivity index (χ4n) is 3.43. The van der Waals surface area contributed by atoms with E-state index >= 15 is 0 Å². The Balaban J connectivity index is 1.59. The zero-order valence-electron chi connectivity index (χ0n) is 15.3. The average Bonchev–Trinajstić information content (AvgIpc) is 2.72. The van der Waals surface area contributed by atoms with Crippen LogP contribution in [0, 0.1) is 5.92 Å². The number of hydrogen-bond donors (Lipinski definition) is 0. The van der Waals surface area contributed by atoms with Crippen LogP contribution in [-0.4, -0.2) is 34.7 Å². The number of aromatic nitrogens is 1. The Morgan fingerprint density at radius 3 is 2.54 bits per heavy atom. The number of piperidine rings is 1. The summed E-state index contributed by atoms with van der Waals surface area (Å²) >= 11 is 0. The molecule has 148 valence electrons. The van der Waals surface area contributed by atoms with Crippen molar-refractivity contribution in [2.75, 3.05) is 13.1 Å². The Kier molecular flexibility index (Phi) is 6.11. The summed E-state index contributed by atoms with van der Waals surface area (Å²) in [6.07, 6.45) is 1.23. The molecule has 0 bridgehead atoms. The number of amides is 1. The minimum Gasteiger partial charge on any atom is -0.342 e. The molecular formula is C21H21F3N2O2. The van der Waals surface area contributed by atoms with Crippen molar-refractivity contribution in [2.24, 2.45) is 5.92 Å². The first-order valence-electron chi connectivity index (χ1n) is 9.23. The largest absolute Gasteiger partial charge is 0.416 e. The van der Waals surface area contributed by atoms with E-state index in [4.69, 9.17) is 0 Å². The molecule has 1 aromatic heterocycles. The van der Waals surface area contributed by atoms with E-state index in [1.807, 2.05) is 12.1 Å². The van der Waals surface area contributed by atoms with Gasteiger partial charge in [0, 0.05) is 43.4 Å². The zero-order chi connectivity index (χ0) is 20.1. The van der Waals surface area contributed by atoms with Crippen LogP contribution in [-0.2, 0) is 17.4 Å². The molecule has 0 unspecified atom stereocenters. The Bertz CT molecular complexity index is 820. The summed E-state index contributed by atoms with van der Waals surface area (Å²) in [5.41, 5.74) is 0.452. The van der Waals surface area contributed by atoms with Crippen LogP contribution in [0.5, 0.6) is 0 Å². The summed E-state index contributed by atoms with van der Waals surface area (Å²) in [6, 6.07) is 8.01. The van der Waals surface area contributed by atoms with Gasteiger partial charge in [0.05, 0.1) is 5.56 Å². The number of carbonyl (C=O) groups is 2. The van der Waals surface area contributed by atoms with Crippen LogP contribution in [0.4, 0.5) is 13.2 Å². The fourth-order valence-corrected chi connectivity index (χ4v) is 3.43. The number of halogens is 3. The molecule has 0 saturated carbocycles. The molecule has 1 aromatic carbocycles. The molecule has 0 aliphatic carbocycles. The number of nitrogens with zero attached hydrogens (tertiary/aromatic N) is 2. The average molecular weight is 390 g/mol. The van der Waals surface area contributed by atoms with Crippen LogP contribution >= 0.6 is 0 Å². The van der Waals surface area contributed by atoms with Crippen molar-refractivity contribution in [2.45, 2.75) is 31.9 Å². The Labute approximate surface area is 161 Å². The third-order valence-electron chi connectivity index (χ3n) is 4.99. The van der Waals surface area contributed by atoms with E-state index in [0.29, 0.717) is 38.8 Å². The molecule has 1 atom stereocenters. The number of Topliss-reactive ketones (excluding diaryl/α,β-unsaturated/α-hetero) is 1. The van der Waals surface area contributed by atoms with Crippen molar-refractivity contribution in [3.8, 4) is 0 Å². The zero-order valence-corrected chi connectivity index (χ0v) is 15.3. The van der Waals surface area contributed by atoms with E-state index in [-0.39, 0.29) is 23.2 Å². The fraction of sp³-hybridized carbons (Fsp3) is 0.381. The van der Waals surface area contributed by atoms with E-state index in [2.05, 4.69) is 4.98 Å². The van der Waals surface area contributed by atoms with Crippen LogP contribution in [0.2, 0.25) is 0 Å². The standard InChI is InChI=1S/C21H21F3N2O2/c22-21(23,24)18-8-6-16(7-9-18)20(28)17-4-2-12-26(14-17)19(27)10-5-15-3-1-11-25-13-15/h1,3,6-9,11,13,17H,2,4-5,10,12,14H2/t17-/m1/s1. The van der Waals surface area contributed by atoms with E-state index in [1.165, 1.54) is 12.1 Å². The van der Waals surface area contributed by atoms with Gasteiger partial charge in [0.15, 0.2) is 5.78 Å². The lowest BCUT2D eigenvalue weighted by Gasteiger charge is -2.32. The highest BCUT2D eigenvalue weighted by atomic mass is 19.4. The number of carbonyl (C=O) groups excluding carboxylic acids is 2. The van der Waals surface area contributed by atoms with Gasteiger partial charge in [-0.05, 0) is 43.0 Å². The number of rotatable bonds is 5. The molecule has 7 heteroatoms. The van der Waals surface area contributed by atoms with Crippen LogP contribution in [0.25, 0.3) is 0 Å². The summed E-state index contributed by atoms with van der Waals surface area (Å²) in [6.45, 7) is 0.911. The molecular weight excluding hydrogens is 369 g/mol. The highest BCUT2D eigenvalue weighted by molar-refractivity contribution is 5.98. The van der Waals surface area contributed by atoms with Crippen LogP contribution in [0.15, 0.2) is 48.8 Å². The molecule has 1 saturated heterocycles. The van der Waals surface area contributed by atoms with Gasteiger partial charge in [0.1, 0.15) is 0 Å². The third kappa shape index (κ3) is 4.97. The number of aryl methyl sites for hydroxylation is 1. The van der Waals surface area contributed by atoms with Crippen LogP contribution in [0.1, 0.15) is 40.7 Å². The quantitative estimate of drug-likeness (QED) is 0.721. The summed E-state index contributed by atoms with van der Waals surface area (Å²) in [4.78, 5) is 30.9. The SMILES string of the molecule is O=C(c1ccc(C(F)(F)F)cc1)[C@@H]1CCCN(C(=O)CCc2cccnc2)C1. The molecule has 1 aliphatic heterocycles. The van der Waals surface area contributed by atoms with Gasteiger partial charge in [-0.25, -0.2) is 0 Å². The monoisotopic (exact) mass is 390 g/mol. The third-order valence-corrected chi connectivity index (χ3v) is 4.99. The van der Waals surface area contributed by atoms with Gasteiger partial charge in [-0.3, -0.25) is 14.6 Å². The highest BCUT2D eigenvalue weighted by Gasteiger charge is 2.32. The molecule has 1 amide bonds. The minimum absolute atomic E-state index is 0.0197. The number of pyridine rings is 1. The Morgan fingerprint density at radius 1 is 1.14 bits per heavy atom. The Hall–Kier alpha value is -2.70. The predicted molar refractivity (Wildman–Crippen MR) is 97.6 cm³/mol. The maximum absolute atomic E-state index is 12.7. The molecule has 0 spiro atoms. The second-order valence-electron chi connectivity index (χ2n) is 6.98. The van der Waals surface area contributed by atoms with Gasteiger partial charge < -0.3 is 4.90 Å². The van der Waals surface area contributed by atoms with Gasteiger partial charge in [-0.1, -0.05) is 18.2 Å². The van der Waals surface area contributed by atoms with Crippen molar-refractivity contribution in [1.29, 1.82) is 0 Å². The lowest BCUT2D eigenvalue weighted by atomic mass is 9.89. The Morgan fingerprint density at radius 2 is 1.89 bits per heavy atom. The maximum atomic E-state index is 12.7. The van der Waals surface area contributed by atoms with E-state index < -0.39 is 11.7 Å².